The molecule has 152 valence electrons. The molecule has 2 N–H and O–H groups in total. The van der Waals surface area contributed by atoms with Gasteiger partial charge >= 0.3 is 5.63 Å². The molecule has 0 saturated heterocycles. The van der Waals surface area contributed by atoms with Gasteiger partial charge in [0, 0.05) is 11.4 Å². The predicted octanol–water partition coefficient (Wildman–Crippen LogP) is 4.57. The molecular weight excluding hydrogens is 388 g/mol. The van der Waals surface area contributed by atoms with Crippen molar-refractivity contribution < 1.29 is 12.8 Å². The lowest BCUT2D eigenvalue weighted by Crippen LogP contribution is -2.23. The van der Waals surface area contributed by atoms with Crippen molar-refractivity contribution in [2.75, 3.05) is 10.0 Å². The molecule has 6 nitrogen and oxygen atoms in total. The maximum absolute atomic E-state index is 13.1. The van der Waals surface area contributed by atoms with Crippen molar-refractivity contribution >= 4 is 32.4 Å². The highest BCUT2D eigenvalue weighted by Gasteiger charge is 2.24. The van der Waals surface area contributed by atoms with Crippen molar-refractivity contribution in [1.29, 1.82) is 0 Å². The molecule has 0 atom stereocenters. The molecular formula is C22H24N2O4S. The van der Waals surface area contributed by atoms with Crippen molar-refractivity contribution in [3.8, 4) is 0 Å². The monoisotopic (exact) mass is 412 g/mol. The number of rotatable bonds is 5. The van der Waals surface area contributed by atoms with Gasteiger partial charge in [-0.15, -0.1) is 0 Å². The van der Waals surface area contributed by atoms with Crippen LogP contribution in [0.5, 0.6) is 0 Å². The number of fused-ring (bicyclic) bond motifs is 1. The Morgan fingerprint density at radius 2 is 1.62 bits per heavy atom. The molecule has 0 aliphatic heterocycles. The average molecular weight is 413 g/mol. The molecule has 3 aromatic rings. The number of nitrogens with one attached hydrogen (secondary N) is 2. The Hall–Kier alpha value is -2.80. The third-order valence-corrected chi connectivity index (χ3v) is 6.59. The number of sulfonamides is 1. The molecule has 0 amide bonds. The highest BCUT2D eigenvalue weighted by Crippen LogP contribution is 2.33. The third kappa shape index (κ3) is 4.00. The number of para-hydroxylation sites is 1. The molecule has 0 radical (unpaired) electrons. The van der Waals surface area contributed by atoms with Gasteiger partial charge in [-0.05, 0) is 62.1 Å². The smallest absolute Gasteiger partial charge is 0.363 e. The minimum atomic E-state index is -3.96. The zero-order valence-electron chi connectivity index (χ0n) is 16.5. The minimum Gasteiger partial charge on any atom is -0.421 e. The van der Waals surface area contributed by atoms with E-state index < -0.39 is 15.6 Å². The number of aryl methyl sites for hydroxylation is 2. The van der Waals surface area contributed by atoms with Crippen LogP contribution < -0.4 is 15.7 Å². The molecule has 7 heteroatoms. The minimum absolute atomic E-state index is 0.0743. The van der Waals surface area contributed by atoms with Crippen molar-refractivity contribution in [2.24, 2.45) is 0 Å². The van der Waals surface area contributed by atoms with Crippen molar-refractivity contribution in [1.82, 2.24) is 0 Å². The van der Waals surface area contributed by atoms with E-state index in [1.807, 2.05) is 32.0 Å². The van der Waals surface area contributed by atoms with Gasteiger partial charge in [-0.25, -0.2) is 13.2 Å². The van der Waals surface area contributed by atoms with Gasteiger partial charge in [-0.2, -0.15) is 0 Å². The fraction of sp³-hybridized carbons (Fsp3) is 0.318. The van der Waals surface area contributed by atoms with Crippen molar-refractivity contribution in [3.05, 3.63) is 64.0 Å². The van der Waals surface area contributed by atoms with Crippen LogP contribution >= 0.6 is 0 Å². The van der Waals surface area contributed by atoms with E-state index in [4.69, 9.17) is 4.42 Å². The Bertz CT molecular complexity index is 1210. The van der Waals surface area contributed by atoms with Crippen LogP contribution in [0.15, 0.2) is 56.6 Å². The summed E-state index contributed by atoms with van der Waals surface area (Å²) in [5.74, 6) is 0. The van der Waals surface area contributed by atoms with Crippen molar-refractivity contribution in [3.63, 3.8) is 0 Å². The molecule has 1 aliphatic carbocycles. The van der Waals surface area contributed by atoms with Gasteiger partial charge < -0.3 is 9.73 Å². The van der Waals surface area contributed by atoms with Gasteiger partial charge in [0.1, 0.15) is 5.58 Å². The standard InChI is InChI=1S/C22H24N2O4S/c1-14-11-15(2)13-17(12-14)29(26,27)24-21-20(23-16-7-3-4-8-16)18-9-5-6-10-19(18)28-22(21)25/h5-6,9-13,16,23-24H,3-4,7-8H2,1-2H3. The highest BCUT2D eigenvalue weighted by atomic mass is 32.2. The maximum atomic E-state index is 13.1. The lowest BCUT2D eigenvalue weighted by Gasteiger charge is -2.19. The Morgan fingerprint density at radius 1 is 0.966 bits per heavy atom. The quantitative estimate of drug-likeness (QED) is 0.600. The van der Waals surface area contributed by atoms with E-state index in [0.29, 0.717) is 16.7 Å². The fourth-order valence-electron chi connectivity index (χ4n) is 3.95. The fourth-order valence-corrected chi connectivity index (χ4v) is 5.20. The van der Waals surface area contributed by atoms with Crippen LogP contribution in [0, 0.1) is 13.8 Å². The molecule has 0 spiro atoms. The molecule has 1 fully saturated rings. The molecule has 29 heavy (non-hydrogen) atoms. The summed E-state index contributed by atoms with van der Waals surface area (Å²) in [6.07, 6.45) is 4.19. The van der Waals surface area contributed by atoms with E-state index in [-0.39, 0.29) is 16.6 Å². The first-order valence-corrected chi connectivity index (χ1v) is 11.3. The molecule has 1 saturated carbocycles. The lowest BCUT2D eigenvalue weighted by atomic mass is 10.1. The first-order valence-electron chi connectivity index (χ1n) is 9.77. The SMILES string of the molecule is Cc1cc(C)cc(S(=O)(=O)Nc2c(NC3CCCC3)c3ccccc3oc2=O)c1. The second kappa shape index (κ2) is 7.55. The van der Waals surface area contributed by atoms with Crippen molar-refractivity contribution in [2.45, 2.75) is 50.5 Å². The van der Waals surface area contributed by atoms with Crippen LogP contribution in [0.4, 0.5) is 11.4 Å². The Morgan fingerprint density at radius 3 is 2.31 bits per heavy atom. The van der Waals surface area contributed by atoms with Crippen LogP contribution in [0.1, 0.15) is 36.8 Å². The third-order valence-electron chi connectivity index (χ3n) is 5.26. The molecule has 4 rings (SSSR count). The molecule has 1 heterocycles. The Kier molecular flexibility index (Phi) is 5.08. The largest absolute Gasteiger partial charge is 0.421 e. The van der Waals surface area contributed by atoms with Crippen LogP contribution in [-0.4, -0.2) is 14.5 Å². The van der Waals surface area contributed by atoms with Crippen LogP contribution in [0.25, 0.3) is 11.0 Å². The predicted molar refractivity (Wildman–Crippen MR) is 115 cm³/mol. The molecule has 0 bridgehead atoms. The molecule has 1 aliphatic rings. The summed E-state index contributed by atoms with van der Waals surface area (Å²) in [5.41, 5.74) is 1.79. The van der Waals surface area contributed by atoms with E-state index in [0.717, 1.165) is 36.8 Å². The Balaban J connectivity index is 1.83. The number of hydrogen-bond donors (Lipinski definition) is 2. The maximum Gasteiger partial charge on any atom is 0.363 e. The van der Waals surface area contributed by atoms with Gasteiger partial charge in [-0.3, -0.25) is 4.72 Å². The van der Waals surface area contributed by atoms with Gasteiger partial charge in [0.15, 0.2) is 5.69 Å². The first kappa shape index (κ1) is 19.5. The van der Waals surface area contributed by atoms with E-state index in [2.05, 4.69) is 10.0 Å². The normalized spacial score (nSPS) is 15.0. The van der Waals surface area contributed by atoms with Gasteiger partial charge in [0.05, 0.1) is 10.6 Å². The van der Waals surface area contributed by atoms with E-state index in [9.17, 15) is 13.2 Å². The van der Waals surface area contributed by atoms with Crippen LogP contribution in [-0.2, 0) is 10.0 Å². The number of anilines is 2. The van der Waals surface area contributed by atoms with Gasteiger partial charge in [0.2, 0.25) is 0 Å². The summed E-state index contributed by atoms with van der Waals surface area (Å²) in [4.78, 5) is 12.9. The van der Waals surface area contributed by atoms with Gasteiger partial charge in [0.25, 0.3) is 10.0 Å². The van der Waals surface area contributed by atoms with E-state index in [1.165, 1.54) is 0 Å². The summed E-state index contributed by atoms with van der Waals surface area (Å²) in [6, 6.07) is 12.4. The summed E-state index contributed by atoms with van der Waals surface area (Å²) in [5, 5.41) is 4.08. The molecule has 2 aromatic carbocycles. The van der Waals surface area contributed by atoms with Gasteiger partial charge in [-0.1, -0.05) is 31.0 Å². The molecule has 0 unspecified atom stereocenters. The van der Waals surface area contributed by atoms with E-state index in [1.54, 1.807) is 24.3 Å². The van der Waals surface area contributed by atoms with Crippen LogP contribution in [0.3, 0.4) is 0 Å². The van der Waals surface area contributed by atoms with Crippen LogP contribution in [0.2, 0.25) is 0 Å². The topological polar surface area (TPSA) is 88.4 Å². The molecule has 1 aromatic heterocycles. The average Bonchev–Trinajstić information content (AvgIpc) is 3.17. The first-order chi connectivity index (χ1) is 13.8. The summed E-state index contributed by atoms with van der Waals surface area (Å²) in [7, 11) is -3.96. The Labute approximate surface area is 170 Å². The zero-order chi connectivity index (χ0) is 20.6. The number of benzene rings is 2. The second-order valence-electron chi connectivity index (χ2n) is 7.69. The number of hydrogen-bond acceptors (Lipinski definition) is 5. The summed E-state index contributed by atoms with van der Waals surface area (Å²) >= 11 is 0. The zero-order valence-corrected chi connectivity index (χ0v) is 17.3. The second-order valence-corrected chi connectivity index (χ2v) is 9.37. The summed E-state index contributed by atoms with van der Waals surface area (Å²) in [6.45, 7) is 3.67. The van der Waals surface area contributed by atoms with E-state index >= 15 is 0 Å². The summed E-state index contributed by atoms with van der Waals surface area (Å²) < 4.78 is 34.0. The highest BCUT2D eigenvalue weighted by molar-refractivity contribution is 7.92. The lowest BCUT2D eigenvalue weighted by molar-refractivity contribution is 0.562.